The quantitative estimate of drug-likeness (QED) is 0.450. The first-order valence-corrected chi connectivity index (χ1v) is 6.93. The molecule has 7 heteroatoms. The molecule has 0 spiro atoms. The van der Waals surface area contributed by atoms with E-state index in [4.69, 9.17) is 0 Å². The number of nitro groups is 1. The molecule has 0 bridgehead atoms. The smallest absolute Gasteiger partial charge is 0.293 e. The molecule has 2 N–H and O–H groups in total. The number of aliphatic hydroxyl groups is 1. The predicted octanol–water partition coefficient (Wildman–Crippen LogP) is 3.16. The van der Waals surface area contributed by atoms with Crippen molar-refractivity contribution < 1.29 is 14.4 Å². The molecule has 1 aromatic rings. The van der Waals surface area contributed by atoms with E-state index in [0.29, 0.717) is 12.3 Å². The van der Waals surface area contributed by atoms with Gasteiger partial charge in [0, 0.05) is 18.2 Å². The first-order valence-electron chi connectivity index (χ1n) is 5.86. The van der Waals surface area contributed by atoms with Crippen molar-refractivity contribution >= 4 is 34.0 Å². The molecular formula is C12H16FIN2O3. The molecule has 0 aliphatic carbocycles. The van der Waals surface area contributed by atoms with Crippen LogP contribution < -0.4 is 5.32 Å². The second-order valence-electron chi connectivity index (χ2n) is 4.69. The number of halogens is 2. The average molecular weight is 382 g/mol. The van der Waals surface area contributed by atoms with Gasteiger partial charge in [0.15, 0.2) is 0 Å². The minimum absolute atomic E-state index is 0.0996. The zero-order valence-electron chi connectivity index (χ0n) is 10.7. The molecule has 0 aromatic heterocycles. The molecule has 0 aliphatic rings. The van der Waals surface area contributed by atoms with E-state index >= 15 is 0 Å². The normalized spacial score (nSPS) is 12.5. The van der Waals surface area contributed by atoms with E-state index in [9.17, 15) is 19.6 Å². The van der Waals surface area contributed by atoms with Gasteiger partial charge in [0.25, 0.3) is 5.69 Å². The highest BCUT2D eigenvalue weighted by Gasteiger charge is 2.20. The van der Waals surface area contributed by atoms with Crippen LogP contribution in [0, 0.1) is 25.4 Å². The largest absolute Gasteiger partial charge is 0.394 e. The number of nitrogens with one attached hydrogen (secondary N) is 1. The van der Waals surface area contributed by atoms with Crippen molar-refractivity contribution in [2.24, 2.45) is 5.92 Å². The van der Waals surface area contributed by atoms with Crippen molar-refractivity contribution in [3.8, 4) is 0 Å². The first-order chi connectivity index (χ1) is 8.85. The second-order valence-corrected chi connectivity index (χ2v) is 5.86. The van der Waals surface area contributed by atoms with Gasteiger partial charge in [-0.3, -0.25) is 10.1 Å². The Hall–Kier alpha value is -0.960. The van der Waals surface area contributed by atoms with E-state index in [1.54, 1.807) is 22.6 Å². The number of benzene rings is 1. The highest BCUT2D eigenvalue weighted by atomic mass is 127. The number of nitro benzene ring substituents is 1. The van der Waals surface area contributed by atoms with Crippen LogP contribution in [0.4, 0.5) is 15.8 Å². The van der Waals surface area contributed by atoms with Gasteiger partial charge in [0.1, 0.15) is 11.5 Å². The van der Waals surface area contributed by atoms with Crippen molar-refractivity contribution in [2.75, 3.05) is 11.9 Å². The monoisotopic (exact) mass is 382 g/mol. The number of nitrogens with zero attached hydrogens (tertiary/aromatic N) is 1. The van der Waals surface area contributed by atoms with Gasteiger partial charge in [0.2, 0.25) is 0 Å². The Morgan fingerprint density at radius 2 is 2.16 bits per heavy atom. The van der Waals surface area contributed by atoms with E-state index < -0.39 is 10.7 Å². The summed E-state index contributed by atoms with van der Waals surface area (Å²) in [5.41, 5.74) is -0.0874. The molecule has 106 valence electrons. The maximum absolute atomic E-state index is 13.5. The fourth-order valence-electron chi connectivity index (χ4n) is 1.77. The molecule has 0 saturated heterocycles. The summed E-state index contributed by atoms with van der Waals surface area (Å²) in [5.74, 6) is -0.202. The summed E-state index contributed by atoms with van der Waals surface area (Å²) in [6.45, 7) is 3.80. The van der Waals surface area contributed by atoms with Gasteiger partial charge in [-0.2, -0.15) is 0 Å². The standard InChI is InChI=1S/C12H16FIN2O3/c1-7(2)3-8(6-17)15-11-4-9(13)10(14)5-12(11)16(18)19/h4-5,7-8,15,17H,3,6H2,1-2H3. The van der Waals surface area contributed by atoms with E-state index in [1.165, 1.54) is 6.07 Å². The van der Waals surface area contributed by atoms with Gasteiger partial charge in [-0.05, 0) is 34.9 Å². The third-order valence-electron chi connectivity index (χ3n) is 2.57. The molecule has 5 nitrogen and oxygen atoms in total. The number of rotatable bonds is 6. The molecule has 1 unspecified atom stereocenters. The summed E-state index contributed by atoms with van der Waals surface area (Å²) < 4.78 is 13.7. The van der Waals surface area contributed by atoms with E-state index in [2.05, 4.69) is 5.32 Å². The van der Waals surface area contributed by atoms with Crippen LogP contribution in [-0.4, -0.2) is 22.7 Å². The van der Waals surface area contributed by atoms with Gasteiger partial charge in [-0.15, -0.1) is 0 Å². The van der Waals surface area contributed by atoms with Crippen LogP contribution in [0.3, 0.4) is 0 Å². The Morgan fingerprint density at radius 1 is 1.53 bits per heavy atom. The van der Waals surface area contributed by atoms with Crippen molar-refractivity contribution in [3.05, 3.63) is 31.6 Å². The summed E-state index contributed by atoms with van der Waals surface area (Å²) in [4.78, 5) is 10.4. The fourth-order valence-corrected chi connectivity index (χ4v) is 2.22. The Morgan fingerprint density at radius 3 is 2.63 bits per heavy atom. The predicted molar refractivity (Wildman–Crippen MR) is 79.7 cm³/mol. The third kappa shape index (κ3) is 4.57. The van der Waals surface area contributed by atoms with Gasteiger partial charge in [-0.1, -0.05) is 13.8 Å². The number of aliphatic hydroxyl groups excluding tert-OH is 1. The average Bonchev–Trinajstić information content (AvgIpc) is 2.31. The lowest BCUT2D eigenvalue weighted by Gasteiger charge is -2.19. The summed E-state index contributed by atoms with van der Waals surface area (Å²) in [6.07, 6.45) is 0.640. The molecule has 1 atom stereocenters. The Balaban J connectivity index is 3.04. The molecule has 1 rings (SSSR count). The van der Waals surface area contributed by atoms with Gasteiger partial charge in [0.05, 0.1) is 15.1 Å². The Bertz CT molecular complexity index is 469. The van der Waals surface area contributed by atoms with Gasteiger partial charge < -0.3 is 10.4 Å². The maximum atomic E-state index is 13.5. The summed E-state index contributed by atoms with van der Waals surface area (Å²) >= 11 is 1.71. The van der Waals surface area contributed by atoms with Crippen LogP contribution >= 0.6 is 22.6 Å². The van der Waals surface area contributed by atoms with Crippen molar-refractivity contribution in [3.63, 3.8) is 0 Å². The molecule has 0 fully saturated rings. The zero-order valence-corrected chi connectivity index (χ0v) is 12.8. The zero-order chi connectivity index (χ0) is 14.6. The molecule has 0 aliphatic heterocycles. The number of hydrogen-bond donors (Lipinski definition) is 2. The van der Waals surface area contributed by atoms with Crippen LogP contribution in [0.5, 0.6) is 0 Å². The lowest BCUT2D eigenvalue weighted by atomic mass is 10.0. The van der Waals surface area contributed by atoms with E-state index in [-0.39, 0.29) is 27.6 Å². The van der Waals surface area contributed by atoms with Crippen LogP contribution in [0.1, 0.15) is 20.3 Å². The maximum Gasteiger partial charge on any atom is 0.293 e. The molecule has 0 amide bonds. The minimum atomic E-state index is -0.562. The minimum Gasteiger partial charge on any atom is -0.394 e. The van der Waals surface area contributed by atoms with Crippen molar-refractivity contribution in [1.29, 1.82) is 0 Å². The summed E-state index contributed by atoms with van der Waals surface area (Å²) in [6, 6.07) is 1.95. The van der Waals surface area contributed by atoms with Crippen LogP contribution in [0.15, 0.2) is 12.1 Å². The molecule has 19 heavy (non-hydrogen) atoms. The lowest BCUT2D eigenvalue weighted by molar-refractivity contribution is -0.384. The molecule has 0 heterocycles. The summed E-state index contributed by atoms with van der Waals surface area (Å²) in [5, 5.41) is 23.1. The third-order valence-corrected chi connectivity index (χ3v) is 3.40. The lowest BCUT2D eigenvalue weighted by Crippen LogP contribution is -2.26. The Labute approximate surface area is 124 Å². The fraction of sp³-hybridized carbons (Fsp3) is 0.500. The highest BCUT2D eigenvalue weighted by Crippen LogP contribution is 2.29. The van der Waals surface area contributed by atoms with Crippen LogP contribution in [0.2, 0.25) is 0 Å². The summed E-state index contributed by atoms with van der Waals surface area (Å²) in [7, 11) is 0. The van der Waals surface area contributed by atoms with Gasteiger partial charge in [-0.25, -0.2) is 4.39 Å². The van der Waals surface area contributed by atoms with Crippen molar-refractivity contribution in [2.45, 2.75) is 26.3 Å². The number of hydrogen-bond acceptors (Lipinski definition) is 4. The van der Waals surface area contributed by atoms with E-state index in [0.717, 1.165) is 6.07 Å². The van der Waals surface area contributed by atoms with Crippen LogP contribution in [-0.2, 0) is 0 Å². The molecular weight excluding hydrogens is 366 g/mol. The molecule has 1 aromatic carbocycles. The SMILES string of the molecule is CC(C)CC(CO)Nc1cc(F)c(I)cc1[N+](=O)[O-]. The van der Waals surface area contributed by atoms with Gasteiger partial charge >= 0.3 is 0 Å². The number of anilines is 1. The first kappa shape index (κ1) is 16.1. The second kappa shape index (κ2) is 6.99. The van der Waals surface area contributed by atoms with E-state index in [1.807, 2.05) is 13.8 Å². The Kier molecular flexibility index (Phi) is 5.92. The van der Waals surface area contributed by atoms with Crippen LogP contribution in [0.25, 0.3) is 0 Å². The topological polar surface area (TPSA) is 75.4 Å². The highest BCUT2D eigenvalue weighted by molar-refractivity contribution is 14.1. The molecule has 0 saturated carbocycles. The molecule has 0 radical (unpaired) electrons. The van der Waals surface area contributed by atoms with Crippen molar-refractivity contribution in [1.82, 2.24) is 0 Å².